The van der Waals surface area contributed by atoms with Crippen LogP contribution in [-0.4, -0.2) is 39.3 Å². The molecule has 1 atom stereocenters. The number of nitrogens with zero attached hydrogens (tertiary/aromatic N) is 3. The molecule has 25 heavy (non-hydrogen) atoms. The number of aryl methyl sites for hydroxylation is 1. The van der Waals surface area contributed by atoms with Gasteiger partial charge in [-0.2, -0.15) is 0 Å². The SMILES string of the molecule is Cc1ccc(OCc2nnc(SCC(=O)N3CCCCC3C)o2)cc1. The van der Waals surface area contributed by atoms with Crippen LogP contribution in [-0.2, 0) is 11.4 Å². The highest BCUT2D eigenvalue weighted by Gasteiger charge is 2.23. The lowest BCUT2D eigenvalue weighted by Crippen LogP contribution is -2.42. The third kappa shape index (κ3) is 4.98. The number of thioether (sulfide) groups is 1. The molecule has 1 saturated heterocycles. The standard InChI is InChI=1S/C18H23N3O3S/c1-13-6-8-15(9-7-13)23-11-16-19-20-18(24-16)25-12-17(22)21-10-4-3-5-14(21)2/h6-9,14H,3-5,10-12H2,1-2H3. The van der Waals surface area contributed by atoms with Gasteiger partial charge in [-0.3, -0.25) is 4.79 Å². The van der Waals surface area contributed by atoms with E-state index >= 15 is 0 Å². The fourth-order valence-electron chi connectivity index (χ4n) is 2.81. The second-order valence-electron chi connectivity index (χ2n) is 6.28. The topological polar surface area (TPSA) is 68.5 Å². The van der Waals surface area contributed by atoms with Crippen molar-refractivity contribution in [1.29, 1.82) is 0 Å². The molecule has 2 aromatic rings. The van der Waals surface area contributed by atoms with E-state index in [4.69, 9.17) is 9.15 Å². The zero-order valence-corrected chi connectivity index (χ0v) is 15.4. The summed E-state index contributed by atoms with van der Waals surface area (Å²) in [5.74, 6) is 1.62. The molecule has 0 bridgehead atoms. The maximum atomic E-state index is 12.3. The number of likely N-dealkylation sites (tertiary alicyclic amines) is 1. The van der Waals surface area contributed by atoms with Crippen molar-refractivity contribution in [1.82, 2.24) is 15.1 Å². The number of piperidine rings is 1. The van der Waals surface area contributed by atoms with Gasteiger partial charge in [0.15, 0.2) is 6.61 Å². The molecular formula is C18H23N3O3S. The van der Waals surface area contributed by atoms with E-state index in [1.165, 1.54) is 23.7 Å². The van der Waals surface area contributed by atoms with Gasteiger partial charge >= 0.3 is 0 Å². The van der Waals surface area contributed by atoms with Gasteiger partial charge in [0, 0.05) is 12.6 Å². The summed E-state index contributed by atoms with van der Waals surface area (Å²) in [6.45, 7) is 5.19. The first kappa shape index (κ1) is 17.8. The maximum absolute atomic E-state index is 12.3. The molecule has 0 aliphatic carbocycles. The first-order valence-electron chi connectivity index (χ1n) is 8.56. The Morgan fingerprint density at radius 3 is 2.88 bits per heavy atom. The van der Waals surface area contributed by atoms with Gasteiger partial charge in [-0.25, -0.2) is 0 Å². The molecule has 0 spiro atoms. The van der Waals surface area contributed by atoms with Crippen LogP contribution in [0.2, 0.25) is 0 Å². The third-order valence-corrected chi connectivity index (χ3v) is 5.08. The van der Waals surface area contributed by atoms with Crippen LogP contribution in [0.3, 0.4) is 0 Å². The summed E-state index contributed by atoms with van der Waals surface area (Å²) < 4.78 is 11.2. The van der Waals surface area contributed by atoms with Crippen LogP contribution in [0, 0.1) is 6.92 Å². The molecule has 0 saturated carbocycles. The Labute approximate surface area is 151 Å². The van der Waals surface area contributed by atoms with Crippen molar-refractivity contribution in [3.63, 3.8) is 0 Å². The molecule has 1 aliphatic heterocycles. The molecule has 6 nitrogen and oxygen atoms in total. The van der Waals surface area contributed by atoms with Crippen molar-refractivity contribution >= 4 is 17.7 Å². The van der Waals surface area contributed by atoms with Gasteiger partial charge in [0.25, 0.3) is 11.1 Å². The first-order valence-corrected chi connectivity index (χ1v) is 9.54. The summed E-state index contributed by atoms with van der Waals surface area (Å²) in [4.78, 5) is 14.3. The van der Waals surface area contributed by atoms with Crippen LogP contribution in [0.1, 0.15) is 37.6 Å². The van der Waals surface area contributed by atoms with Crippen molar-refractivity contribution in [2.45, 2.75) is 51.0 Å². The van der Waals surface area contributed by atoms with Crippen LogP contribution in [0.4, 0.5) is 0 Å². The molecule has 7 heteroatoms. The molecule has 1 aromatic carbocycles. The Morgan fingerprint density at radius 2 is 2.12 bits per heavy atom. The van der Waals surface area contributed by atoms with Crippen molar-refractivity contribution in [2.24, 2.45) is 0 Å². The predicted octanol–water partition coefficient (Wildman–Crippen LogP) is 3.45. The van der Waals surface area contributed by atoms with E-state index in [1.54, 1.807) is 0 Å². The lowest BCUT2D eigenvalue weighted by molar-refractivity contribution is -0.131. The van der Waals surface area contributed by atoms with Crippen LogP contribution in [0.15, 0.2) is 33.9 Å². The van der Waals surface area contributed by atoms with Gasteiger partial charge in [-0.15, -0.1) is 10.2 Å². The number of ether oxygens (including phenoxy) is 1. The molecule has 3 rings (SSSR count). The smallest absolute Gasteiger partial charge is 0.277 e. The summed E-state index contributed by atoms with van der Waals surface area (Å²) in [7, 11) is 0. The second-order valence-corrected chi connectivity index (χ2v) is 7.21. The van der Waals surface area contributed by atoms with E-state index in [2.05, 4.69) is 17.1 Å². The summed E-state index contributed by atoms with van der Waals surface area (Å²) in [5.41, 5.74) is 1.18. The zero-order valence-electron chi connectivity index (χ0n) is 14.6. The molecule has 2 heterocycles. The van der Waals surface area contributed by atoms with Gasteiger partial charge in [0.1, 0.15) is 5.75 Å². The number of aromatic nitrogens is 2. The van der Waals surface area contributed by atoms with Gasteiger partial charge in [-0.1, -0.05) is 29.5 Å². The van der Waals surface area contributed by atoms with Gasteiger partial charge < -0.3 is 14.1 Å². The molecule has 0 radical (unpaired) electrons. The minimum atomic E-state index is 0.132. The number of carbonyl (C=O) groups is 1. The highest BCUT2D eigenvalue weighted by Crippen LogP contribution is 2.21. The average Bonchev–Trinajstić information content (AvgIpc) is 3.07. The zero-order chi connectivity index (χ0) is 17.6. The molecular weight excluding hydrogens is 338 g/mol. The fraction of sp³-hybridized carbons (Fsp3) is 0.500. The minimum absolute atomic E-state index is 0.132. The summed E-state index contributed by atoms with van der Waals surface area (Å²) in [6, 6.07) is 8.09. The van der Waals surface area contributed by atoms with Gasteiger partial charge in [0.05, 0.1) is 5.75 Å². The van der Waals surface area contributed by atoms with Crippen molar-refractivity contribution in [2.75, 3.05) is 12.3 Å². The largest absolute Gasteiger partial charge is 0.484 e. The minimum Gasteiger partial charge on any atom is -0.484 e. The predicted molar refractivity (Wildman–Crippen MR) is 95.6 cm³/mol. The second kappa shape index (κ2) is 8.38. The van der Waals surface area contributed by atoms with Crippen LogP contribution in [0.5, 0.6) is 5.75 Å². The molecule has 0 N–H and O–H groups in total. The molecule has 134 valence electrons. The number of hydrogen-bond donors (Lipinski definition) is 0. The number of rotatable bonds is 6. The maximum Gasteiger partial charge on any atom is 0.277 e. The lowest BCUT2D eigenvalue weighted by Gasteiger charge is -2.33. The normalized spacial score (nSPS) is 17.5. The third-order valence-electron chi connectivity index (χ3n) is 4.27. The molecule has 1 aromatic heterocycles. The van der Waals surface area contributed by atoms with Crippen LogP contribution >= 0.6 is 11.8 Å². The van der Waals surface area contributed by atoms with E-state index in [0.717, 1.165) is 25.1 Å². The summed E-state index contributed by atoms with van der Waals surface area (Å²) >= 11 is 1.28. The van der Waals surface area contributed by atoms with Crippen LogP contribution in [0.25, 0.3) is 0 Å². The molecule has 1 fully saturated rings. The highest BCUT2D eigenvalue weighted by atomic mass is 32.2. The Bertz CT molecular complexity index is 702. The van der Waals surface area contributed by atoms with Gasteiger partial charge in [0.2, 0.25) is 5.91 Å². The number of benzene rings is 1. The Morgan fingerprint density at radius 1 is 1.32 bits per heavy atom. The van der Waals surface area contributed by atoms with E-state index in [1.807, 2.05) is 36.1 Å². The van der Waals surface area contributed by atoms with E-state index in [-0.39, 0.29) is 12.5 Å². The highest BCUT2D eigenvalue weighted by molar-refractivity contribution is 7.99. The van der Waals surface area contributed by atoms with E-state index in [9.17, 15) is 4.79 Å². The Hall–Kier alpha value is -2.02. The van der Waals surface area contributed by atoms with Crippen LogP contribution < -0.4 is 4.74 Å². The molecule has 1 unspecified atom stereocenters. The van der Waals surface area contributed by atoms with Crippen molar-refractivity contribution in [3.05, 3.63) is 35.7 Å². The Kier molecular flexibility index (Phi) is 5.96. The monoisotopic (exact) mass is 361 g/mol. The first-order chi connectivity index (χ1) is 12.1. The molecule has 1 amide bonds. The lowest BCUT2D eigenvalue weighted by atomic mass is 10.0. The number of hydrogen-bond acceptors (Lipinski definition) is 6. The summed E-state index contributed by atoms with van der Waals surface area (Å²) in [5, 5.41) is 8.34. The van der Waals surface area contributed by atoms with E-state index in [0.29, 0.717) is 22.9 Å². The quantitative estimate of drug-likeness (QED) is 0.734. The van der Waals surface area contributed by atoms with Gasteiger partial charge in [-0.05, 0) is 45.2 Å². The molecule has 1 aliphatic rings. The number of amides is 1. The van der Waals surface area contributed by atoms with Crippen molar-refractivity contribution < 1.29 is 13.9 Å². The fourth-order valence-corrected chi connectivity index (χ4v) is 3.48. The van der Waals surface area contributed by atoms with E-state index < -0.39 is 0 Å². The summed E-state index contributed by atoms with van der Waals surface area (Å²) in [6.07, 6.45) is 3.37. The number of carbonyl (C=O) groups excluding carboxylic acids is 1. The average molecular weight is 361 g/mol. The Balaban J connectivity index is 1.46. The van der Waals surface area contributed by atoms with Crippen molar-refractivity contribution in [3.8, 4) is 5.75 Å².